The maximum atomic E-state index is 11.6. The first kappa shape index (κ1) is 21.7. The summed E-state index contributed by atoms with van der Waals surface area (Å²) >= 11 is 0. The van der Waals surface area contributed by atoms with Crippen molar-refractivity contribution in [3.8, 4) is 5.75 Å². The maximum Gasteiger partial charge on any atom is 0.331 e. The van der Waals surface area contributed by atoms with Crippen LogP contribution in [0.15, 0.2) is 36.4 Å². The van der Waals surface area contributed by atoms with Crippen molar-refractivity contribution in [3.63, 3.8) is 0 Å². The number of ether oxygens (including phenoxy) is 3. The minimum atomic E-state index is -0.575. The Hall–Kier alpha value is -2.30. The van der Waals surface area contributed by atoms with Gasteiger partial charge in [0, 0.05) is 12.2 Å². The van der Waals surface area contributed by atoms with Gasteiger partial charge in [-0.25, -0.2) is 9.59 Å². The van der Waals surface area contributed by atoms with Crippen LogP contribution in [0.5, 0.6) is 5.75 Å². The van der Waals surface area contributed by atoms with Crippen molar-refractivity contribution in [1.82, 2.24) is 0 Å². The standard InChI is InChI=1S/C21H30O5/c1-3-4-5-6-7-8-9-16-25-20(22)14-15-21(23)26-17-18-10-12-19(24-2)13-11-18/h10-15H,3-9,16-17H2,1-2H3/b15-14+. The highest BCUT2D eigenvalue weighted by Crippen LogP contribution is 2.12. The maximum absolute atomic E-state index is 11.6. The predicted molar refractivity (Wildman–Crippen MR) is 101 cm³/mol. The average molecular weight is 362 g/mol. The molecular weight excluding hydrogens is 332 g/mol. The molecule has 1 aromatic rings. The molecular formula is C21H30O5. The van der Waals surface area contributed by atoms with Gasteiger partial charge in [-0.2, -0.15) is 0 Å². The molecule has 0 saturated heterocycles. The Balaban J connectivity index is 2.11. The highest BCUT2D eigenvalue weighted by Gasteiger charge is 2.02. The third-order valence-corrected chi connectivity index (χ3v) is 3.89. The van der Waals surface area contributed by atoms with Gasteiger partial charge in [-0.15, -0.1) is 0 Å². The summed E-state index contributed by atoms with van der Waals surface area (Å²) in [5.41, 5.74) is 0.842. The van der Waals surface area contributed by atoms with Gasteiger partial charge in [0.2, 0.25) is 0 Å². The molecule has 1 rings (SSSR count). The molecule has 1 aromatic carbocycles. The first-order chi connectivity index (χ1) is 12.7. The minimum absolute atomic E-state index is 0.139. The molecule has 5 nitrogen and oxygen atoms in total. The molecule has 0 aliphatic heterocycles. The number of rotatable bonds is 13. The second-order valence-electron chi connectivity index (χ2n) is 6.08. The van der Waals surface area contributed by atoms with Crippen LogP contribution in [-0.4, -0.2) is 25.7 Å². The molecule has 0 aromatic heterocycles. The van der Waals surface area contributed by atoms with Gasteiger partial charge in [0.1, 0.15) is 12.4 Å². The fraction of sp³-hybridized carbons (Fsp3) is 0.524. The minimum Gasteiger partial charge on any atom is -0.497 e. The second-order valence-corrected chi connectivity index (χ2v) is 6.08. The molecule has 0 N–H and O–H groups in total. The van der Waals surface area contributed by atoms with Gasteiger partial charge in [-0.1, -0.05) is 57.6 Å². The van der Waals surface area contributed by atoms with E-state index in [4.69, 9.17) is 14.2 Å². The van der Waals surface area contributed by atoms with Crippen LogP contribution in [0.3, 0.4) is 0 Å². The van der Waals surface area contributed by atoms with Crippen LogP contribution < -0.4 is 4.74 Å². The van der Waals surface area contributed by atoms with E-state index < -0.39 is 11.9 Å². The number of carbonyl (C=O) groups is 2. The topological polar surface area (TPSA) is 61.8 Å². The molecule has 5 heteroatoms. The Morgan fingerprint density at radius 1 is 0.846 bits per heavy atom. The summed E-state index contributed by atoms with van der Waals surface area (Å²) in [4.78, 5) is 23.1. The largest absolute Gasteiger partial charge is 0.497 e. The fourth-order valence-corrected chi connectivity index (χ4v) is 2.34. The number of unbranched alkanes of at least 4 members (excludes halogenated alkanes) is 6. The first-order valence-electron chi connectivity index (χ1n) is 9.30. The lowest BCUT2D eigenvalue weighted by atomic mass is 10.1. The van der Waals surface area contributed by atoms with E-state index >= 15 is 0 Å². The van der Waals surface area contributed by atoms with Gasteiger partial charge in [-0.05, 0) is 24.1 Å². The Labute approximate surface area is 156 Å². The third-order valence-electron chi connectivity index (χ3n) is 3.89. The molecule has 0 amide bonds. The number of carbonyl (C=O) groups excluding carboxylic acids is 2. The highest BCUT2D eigenvalue weighted by atomic mass is 16.5. The zero-order valence-electron chi connectivity index (χ0n) is 15.9. The van der Waals surface area contributed by atoms with Crippen LogP contribution in [0, 0.1) is 0 Å². The molecule has 26 heavy (non-hydrogen) atoms. The summed E-state index contributed by atoms with van der Waals surface area (Å²) in [6, 6.07) is 7.21. The van der Waals surface area contributed by atoms with Gasteiger partial charge >= 0.3 is 11.9 Å². The Bertz CT molecular complexity index is 548. The van der Waals surface area contributed by atoms with Crippen molar-refractivity contribution in [2.45, 2.75) is 58.5 Å². The molecule has 0 radical (unpaired) electrons. The lowest BCUT2D eigenvalue weighted by Crippen LogP contribution is -2.05. The van der Waals surface area contributed by atoms with E-state index in [2.05, 4.69) is 6.92 Å². The molecule has 144 valence electrons. The summed E-state index contributed by atoms with van der Waals surface area (Å²) in [6.07, 6.45) is 10.3. The Morgan fingerprint density at radius 3 is 2.04 bits per heavy atom. The van der Waals surface area contributed by atoms with Gasteiger partial charge in [-0.3, -0.25) is 0 Å². The van der Waals surface area contributed by atoms with Gasteiger partial charge in [0.25, 0.3) is 0 Å². The number of hydrogen-bond donors (Lipinski definition) is 0. The molecule has 0 aliphatic carbocycles. The van der Waals surface area contributed by atoms with Crippen LogP contribution >= 0.6 is 0 Å². The smallest absolute Gasteiger partial charge is 0.331 e. The third kappa shape index (κ3) is 10.5. The van der Waals surface area contributed by atoms with E-state index in [9.17, 15) is 9.59 Å². The molecule has 0 aliphatic rings. The van der Waals surface area contributed by atoms with Gasteiger partial charge in [0.05, 0.1) is 13.7 Å². The summed E-state index contributed by atoms with van der Waals surface area (Å²) in [5, 5.41) is 0. The molecule has 0 bridgehead atoms. The normalized spacial score (nSPS) is 10.7. The summed E-state index contributed by atoms with van der Waals surface area (Å²) in [5.74, 6) is -0.352. The zero-order valence-corrected chi connectivity index (χ0v) is 15.9. The Kier molecular flexibility index (Phi) is 11.6. The lowest BCUT2D eigenvalue weighted by Gasteiger charge is -2.04. The van der Waals surface area contributed by atoms with Crippen molar-refractivity contribution in [2.75, 3.05) is 13.7 Å². The number of methoxy groups -OCH3 is 1. The van der Waals surface area contributed by atoms with Crippen LogP contribution in [-0.2, 0) is 25.7 Å². The van der Waals surface area contributed by atoms with Crippen LogP contribution in [0.1, 0.15) is 57.4 Å². The van der Waals surface area contributed by atoms with E-state index in [0.29, 0.717) is 6.61 Å². The first-order valence-corrected chi connectivity index (χ1v) is 9.30. The molecule has 0 heterocycles. The van der Waals surface area contributed by atoms with E-state index in [0.717, 1.165) is 36.3 Å². The van der Waals surface area contributed by atoms with Gasteiger partial charge in [0.15, 0.2) is 0 Å². The zero-order chi connectivity index (χ0) is 19.0. The van der Waals surface area contributed by atoms with Crippen LogP contribution in [0.4, 0.5) is 0 Å². The van der Waals surface area contributed by atoms with E-state index in [1.165, 1.54) is 32.1 Å². The van der Waals surface area contributed by atoms with Crippen molar-refractivity contribution in [3.05, 3.63) is 42.0 Å². The number of benzene rings is 1. The predicted octanol–water partition coefficient (Wildman–Crippen LogP) is 4.59. The van der Waals surface area contributed by atoms with Crippen molar-refractivity contribution >= 4 is 11.9 Å². The van der Waals surface area contributed by atoms with Crippen molar-refractivity contribution in [2.24, 2.45) is 0 Å². The average Bonchev–Trinajstić information content (AvgIpc) is 2.67. The quantitative estimate of drug-likeness (QED) is 0.292. The van der Waals surface area contributed by atoms with Gasteiger partial charge < -0.3 is 14.2 Å². The molecule has 0 spiro atoms. The monoisotopic (exact) mass is 362 g/mol. The number of esters is 2. The lowest BCUT2D eigenvalue weighted by molar-refractivity contribution is -0.141. The molecule has 0 fully saturated rings. The summed E-state index contributed by atoms with van der Waals surface area (Å²) in [6.45, 7) is 2.72. The van der Waals surface area contributed by atoms with E-state index in [1.807, 2.05) is 12.1 Å². The second kappa shape index (κ2) is 13.9. The molecule has 0 saturated carbocycles. The summed E-state index contributed by atoms with van der Waals surface area (Å²) < 4.78 is 15.2. The van der Waals surface area contributed by atoms with Crippen molar-refractivity contribution in [1.29, 1.82) is 0 Å². The molecule has 0 atom stereocenters. The van der Waals surface area contributed by atoms with E-state index in [-0.39, 0.29) is 6.61 Å². The van der Waals surface area contributed by atoms with Crippen molar-refractivity contribution < 1.29 is 23.8 Å². The number of hydrogen-bond acceptors (Lipinski definition) is 5. The fourth-order valence-electron chi connectivity index (χ4n) is 2.34. The highest BCUT2D eigenvalue weighted by molar-refractivity contribution is 5.91. The summed E-state index contributed by atoms with van der Waals surface area (Å²) in [7, 11) is 1.59. The molecule has 0 unspecified atom stereocenters. The van der Waals surface area contributed by atoms with E-state index in [1.54, 1.807) is 19.2 Å². The van der Waals surface area contributed by atoms with Crippen LogP contribution in [0.2, 0.25) is 0 Å². The SMILES string of the molecule is CCCCCCCCCOC(=O)/C=C/C(=O)OCc1ccc(OC)cc1. The van der Waals surface area contributed by atoms with Crippen LogP contribution in [0.25, 0.3) is 0 Å². The Morgan fingerprint density at radius 2 is 1.42 bits per heavy atom.